The standard InChI is InChI=1S/C27H32N4O4/c1-16(2)12-23(33)31-19-10-11-27(31)21(13-19)26(35)30(24(27)25(34)29-14-22(28)32)15-18-8-5-7-17-6-3-4-9-20(17)18/h3-9,16,19,21,24H,10-15H2,1-2H3,(H2,28,32)(H,29,34)/t19-,21+,24-,27+/m0/s1. The number of carbonyl (C=O) groups excluding carboxylic acids is 4. The predicted molar refractivity (Wildman–Crippen MR) is 131 cm³/mol. The number of likely N-dealkylation sites (tertiary alicyclic amines) is 1. The second kappa shape index (κ2) is 8.66. The molecule has 0 unspecified atom stereocenters. The van der Waals surface area contributed by atoms with Gasteiger partial charge >= 0.3 is 0 Å². The number of primary amides is 1. The summed E-state index contributed by atoms with van der Waals surface area (Å²) in [6, 6.07) is 13.0. The molecule has 3 saturated heterocycles. The second-order valence-corrected chi connectivity index (χ2v) is 10.5. The van der Waals surface area contributed by atoms with Gasteiger partial charge in [0.05, 0.1) is 18.0 Å². The van der Waals surface area contributed by atoms with Gasteiger partial charge in [0.1, 0.15) is 6.04 Å². The van der Waals surface area contributed by atoms with Crippen LogP contribution in [0.15, 0.2) is 42.5 Å². The Bertz CT molecular complexity index is 1210. The molecule has 4 amide bonds. The minimum atomic E-state index is -0.889. The summed E-state index contributed by atoms with van der Waals surface area (Å²) < 4.78 is 0. The molecule has 4 atom stereocenters. The molecule has 8 heteroatoms. The first-order chi connectivity index (χ1) is 16.7. The zero-order valence-electron chi connectivity index (χ0n) is 20.2. The first-order valence-corrected chi connectivity index (χ1v) is 12.4. The molecule has 8 nitrogen and oxygen atoms in total. The highest BCUT2D eigenvalue weighted by Crippen LogP contribution is 2.58. The molecule has 184 valence electrons. The minimum absolute atomic E-state index is 0.00230. The quantitative estimate of drug-likeness (QED) is 0.636. The van der Waals surface area contributed by atoms with E-state index in [0.717, 1.165) is 22.8 Å². The van der Waals surface area contributed by atoms with E-state index in [9.17, 15) is 19.2 Å². The first-order valence-electron chi connectivity index (χ1n) is 12.4. The molecule has 2 aromatic carbocycles. The maximum absolute atomic E-state index is 13.9. The van der Waals surface area contributed by atoms with Crippen molar-refractivity contribution >= 4 is 34.4 Å². The molecule has 5 rings (SSSR count). The monoisotopic (exact) mass is 476 g/mol. The molecule has 2 bridgehead atoms. The van der Waals surface area contributed by atoms with Crippen molar-refractivity contribution in [1.29, 1.82) is 0 Å². The van der Waals surface area contributed by atoms with Gasteiger partial charge in [-0.1, -0.05) is 56.3 Å². The third-order valence-corrected chi connectivity index (χ3v) is 7.93. The normalized spacial score (nSPS) is 27.1. The molecular formula is C27H32N4O4. The summed E-state index contributed by atoms with van der Waals surface area (Å²) in [6.07, 6.45) is 2.32. The minimum Gasteiger partial charge on any atom is -0.368 e. The second-order valence-electron chi connectivity index (χ2n) is 10.5. The van der Waals surface area contributed by atoms with Crippen LogP contribution in [0.5, 0.6) is 0 Å². The molecule has 3 aliphatic heterocycles. The molecule has 0 radical (unpaired) electrons. The summed E-state index contributed by atoms with van der Waals surface area (Å²) in [5.74, 6) is -1.43. The van der Waals surface area contributed by atoms with E-state index in [-0.39, 0.29) is 36.9 Å². The number of hydrogen-bond donors (Lipinski definition) is 2. The van der Waals surface area contributed by atoms with Gasteiger partial charge < -0.3 is 20.9 Å². The smallest absolute Gasteiger partial charge is 0.245 e. The van der Waals surface area contributed by atoms with Crippen LogP contribution in [0.3, 0.4) is 0 Å². The topological polar surface area (TPSA) is 113 Å². The molecule has 3 N–H and O–H groups in total. The van der Waals surface area contributed by atoms with Gasteiger partial charge in [-0.15, -0.1) is 0 Å². The van der Waals surface area contributed by atoms with E-state index in [4.69, 9.17) is 5.73 Å². The molecule has 2 aromatic rings. The number of amides is 4. The van der Waals surface area contributed by atoms with Crippen LogP contribution in [0.4, 0.5) is 0 Å². The van der Waals surface area contributed by atoms with E-state index >= 15 is 0 Å². The average Bonchev–Trinajstić information content (AvgIpc) is 3.42. The average molecular weight is 477 g/mol. The lowest BCUT2D eigenvalue weighted by atomic mass is 9.75. The summed E-state index contributed by atoms with van der Waals surface area (Å²) in [6.45, 7) is 3.93. The van der Waals surface area contributed by atoms with Crippen LogP contribution >= 0.6 is 0 Å². The van der Waals surface area contributed by atoms with E-state index in [1.54, 1.807) is 4.90 Å². The van der Waals surface area contributed by atoms with Gasteiger partial charge in [0, 0.05) is 19.0 Å². The summed E-state index contributed by atoms with van der Waals surface area (Å²) in [4.78, 5) is 55.9. The maximum Gasteiger partial charge on any atom is 0.245 e. The van der Waals surface area contributed by atoms with Crippen LogP contribution in [0.2, 0.25) is 0 Å². The Morgan fingerprint density at radius 2 is 1.89 bits per heavy atom. The van der Waals surface area contributed by atoms with Gasteiger partial charge in [-0.05, 0) is 41.5 Å². The third kappa shape index (κ3) is 3.66. The van der Waals surface area contributed by atoms with Crippen LogP contribution in [0.1, 0.15) is 45.1 Å². The van der Waals surface area contributed by atoms with Gasteiger partial charge in [0.2, 0.25) is 23.6 Å². The van der Waals surface area contributed by atoms with Crippen molar-refractivity contribution in [3.05, 3.63) is 48.0 Å². The highest BCUT2D eigenvalue weighted by atomic mass is 16.2. The van der Waals surface area contributed by atoms with Crippen molar-refractivity contribution in [3.8, 4) is 0 Å². The molecule has 3 aliphatic rings. The Morgan fingerprint density at radius 1 is 1.14 bits per heavy atom. The Kier molecular flexibility index (Phi) is 5.77. The molecule has 0 aromatic heterocycles. The van der Waals surface area contributed by atoms with E-state index in [0.29, 0.717) is 19.3 Å². The van der Waals surface area contributed by atoms with Gasteiger partial charge in [-0.2, -0.15) is 0 Å². The fourth-order valence-electron chi connectivity index (χ4n) is 6.71. The molecule has 3 fully saturated rings. The number of nitrogens with zero attached hydrogens (tertiary/aromatic N) is 2. The lowest BCUT2D eigenvalue weighted by molar-refractivity contribution is -0.143. The Labute approximate surface area is 204 Å². The zero-order valence-corrected chi connectivity index (χ0v) is 20.2. The molecule has 3 heterocycles. The van der Waals surface area contributed by atoms with Crippen molar-refractivity contribution in [3.63, 3.8) is 0 Å². The van der Waals surface area contributed by atoms with Gasteiger partial charge in [-0.25, -0.2) is 0 Å². The lowest BCUT2D eigenvalue weighted by Gasteiger charge is -2.40. The predicted octanol–water partition coefficient (Wildman–Crippen LogP) is 1.95. The number of hydrogen-bond acceptors (Lipinski definition) is 4. The largest absolute Gasteiger partial charge is 0.368 e. The van der Waals surface area contributed by atoms with Crippen molar-refractivity contribution in [2.24, 2.45) is 17.6 Å². The fourth-order valence-corrected chi connectivity index (χ4v) is 6.71. The fraction of sp³-hybridized carbons (Fsp3) is 0.481. The summed E-state index contributed by atoms with van der Waals surface area (Å²) in [5, 5.41) is 4.72. The van der Waals surface area contributed by atoms with Crippen LogP contribution in [0.25, 0.3) is 10.8 Å². The van der Waals surface area contributed by atoms with Gasteiger partial charge in [0.15, 0.2) is 0 Å². The summed E-state index contributed by atoms with van der Waals surface area (Å²) >= 11 is 0. The van der Waals surface area contributed by atoms with E-state index in [1.807, 2.05) is 61.2 Å². The summed E-state index contributed by atoms with van der Waals surface area (Å²) in [5.41, 5.74) is 5.35. The van der Waals surface area contributed by atoms with Crippen molar-refractivity contribution in [2.45, 2.75) is 63.7 Å². The van der Waals surface area contributed by atoms with Crippen molar-refractivity contribution in [1.82, 2.24) is 15.1 Å². The van der Waals surface area contributed by atoms with Crippen LogP contribution in [-0.2, 0) is 25.7 Å². The molecule has 1 spiro atoms. The van der Waals surface area contributed by atoms with Crippen LogP contribution < -0.4 is 11.1 Å². The summed E-state index contributed by atoms with van der Waals surface area (Å²) in [7, 11) is 0. The van der Waals surface area contributed by atoms with Crippen LogP contribution in [0, 0.1) is 11.8 Å². The molecule has 35 heavy (non-hydrogen) atoms. The highest BCUT2D eigenvalue weighted by molar-refractivity contribution is 5.99. The van der Waals surface area contributed by atoms with E-state index in [2.05, 4.69) is 5.32 Å². The lowest BCUT2D eigenvalue weighted by Crippen LogP contribution is -2.61. The molecular weight excluding hydrogens is 444 g/mol. The maximum atomic E-state index is 13.9. The SMILES string of the molecule is CC(C)CC(=O)N1[C@H]2CC[C@]13[C@H](C2)C(=O)N(Cc1cccc2ccccc12)[C@H]3C(=O)NCC(N)=O. The van der Waals surface area contributed by atoms with Crippen molar-refractivity contribution < 1.29 is 19.2 Å². The third-order valence-electron chi connectivity index (χ3n) is 7.93. The Hall–Kier alpha value is -3.42. The molecule has 0 aliphatic carbocycles. The number of nitrogens with two attached hydrogens (primary N) is 1. The van der Waals surface area contributed by atoms with Crippen LogP contribution in [-0.4, -0.2) is 57.6 Å². The van der Waals surface area contributed by atoms with E-state index < -0.39 is 29.3 Å². The van der Waals surface area contributed by atoms with Gasteiger partial charge in [-0.3, -0.25) is 19.2 Å². The number of rotatable bonds is 7. The van der Waals surface area contributed by atoms with Crippen molar-refractivity contribution in [2.75, 3.05) is 6.54 Å². The zero-order chi connectivity index (χ0) is 24.9. The number of fused-ring (bicyclic) bond motifs is 2. The van der Waals surface area contributed by atoms with E-state index in [1.165, 1.54) is 0 Å². The molecule has 0 saturated carbocycles. The van der Waals surface area contributed by atoms with Gasteiger partial charge in [0.25, 0.3) is 0 Å². The number of benzene rings is 2. The Morgan fingerprint density at radius 3 is 2.63 bits per heavy atom. The Balaban J connectivity index is 1.57. The number of nitrogens with one attached hydrogen (secondary N) is 1. The number of carbonyl (C=O) groups is 4. The highest BCUT2D eigenvalue weighted by Gasteiger charge is 2.72. The first kappa shape index (κ1) is 23.3.